The minimum Gasteiger partial charge on any atom is -0.493 e. The predicted octanol–water partition coefficient (Wildman–Crippen LogP) is 7.36. The molecule has 0 aliphatic heterocycles. The molecule has 3 rings (SSSR count). The Morgan fingerprint density at radius 2 is 1.83 bits per heavy atom. The summed E-state index contributed by atoms with van der Waals surface area (Å²) in [4.78, 5) is 0. The fraction of sp³-hybridized carbons (Fsp3) is 0.0870. The van der Waals surface area contributed by atoms with Crippen molar-refractivity contribution in [3.63, 3.8) is 0 Å². The summed E-state index contributed by atoms with van der Waals surface area (Å²) in [6.07, 6.45) is 1.83. The fourth-order valence-corrected chi connectivity index (χ4v) is 3.74. The van der Waals surface area contributed by atoms with E-state index in [-0.39, 0.29) is 0 Å². The zero-order valence-corrected chi connectivity index (χ0v) is 20.0. The highest BCUT2D eigenvalue weighted by Gasteiger charge is 2.12. The van der Waals surface area contributed by atoms with E-state index in [4.69, 9.17) is 21.1 Å². The summed E-state index contributed by atoms with van der Waals surface area (Å²) >= 11 is 11.7. The average molecular weight is 581 g/mol. The summed E-state index contributed by atoms with van der Waals surface area (Å²) < 4.78 is 13.4. The van der Waals surface area contributed by atoms with Crippen LogP contribution in [-0.2, 0) is 6.61 Å². The summed E-state index contributed by atoms with van der Waals surface area (Å²) in [5, 5.41) is 10.3. The van der Waals surface area contributed by atoms with Crippen LogP contribution in [0.25, 0.3) is 11.6 Å². The predicted molar refractivity (Wildman–Crippen MR) is 129 cm³/mol. The molecule has 0 saturated carbocycles. The normalized spacial score (nSPS) is 11.1. The number of benzene rings is 3. The van der Waals surface area contributed by atoms with Gasteiger partial charge in [0, 0.05) is 8.59 Å². The zero-order valence-electron chi connectivity index (χ0n) is 15.5. The van der Waals surface area contributed by atoms with Crippen LogP contribution in [0.15, 0.2) is 65.1 Å². The third-order valence-electron chi connectivity index (χ3n) is 4.13. The van der Waals surface area contributed by atoms with Gasteiger partial charge in [-0.2, -0.15) is 5.26 Å². The molecule has 3 aromatic carbocycles. The lowest BCUT2D eigenvalue weighted by Gasteiger charge is -2.14. The SMILES string of the molecule is COc1cc(/C=C(/C#N)c2ccc(I)cc2)cc(Br)c1OCc1ccc(Cl)cc1. The Hall–Kier alpha value is -2.01. The van der Waals surface area contributed by atoms with Crippen molar-refractivity contribution in [2.45, 2.75) is 6.61 Å². The molecule has 0 unspecified atom stereocenters. The van der Waals surface area contributed by atoms with Gasteiger partial charge in [0.1, 0.15) is 6.61 Å². The van der Waals surface area contributed by atoms with E-state index in [0.717, 1.165) is 24.7 Å². The Morgan fingerprint density at radius 3 is 2.45 bits per heavy atom. The Kier molecular flexibility index (Phi) is 7.59. The highest BCUT2D eigenvalue weighted by Crippen LogP contribution is 2.38. The zero-order chi connectivity index (χ0) is 20.8. The number of nitriles is 1. The molecule has 146 valence electrons. The van der Waals surface area contributed by atoms with E-state index >= 15 is 0 Å². The van der Waals surface area contributed by atoms with Crippen molar-refractivity contribution >= 4 is 61.8 Å². The number of methoxy groups -OCH3 is 1. The first-order chi connectivity index (χ1) is 14.0. The lowest BCUT2D eigenvalue weighted by atomic mass is 10.0. The van der Waals surface area contributed by atoms with Crippen molar-refractivity contribution in [2.24, 2.45) is 0 Å². The molecule has 0 fully saturated rings. The minimum atomic E-state index is 0.382. The fourth-order valence-electron chi connectivity index (χ4n) is 2.68. The van der Waals surface area contributed by atoms with Crippen LogP contribution in [0.1, 0.15) is 16.7 Å². The molecule has 0 aliphatic carbocycles. The summed E-state index contributed by atoms with van der Waals surface area (Å²) in [5.41, 5.74) is 3.27. The molecule has 0 N–H and O–H groups in total. The van der Waals surface area contributed by atoms with E-state index in [1.807, 2.05) is 66.7 Å². The smallest absolute Gasteiger partial charge is 0.175 e. The monoisotopic (exact) mass is 579 g/mol. The second kappa shape index (κ2) is 10.1. The number of hydrogen-bond acceptors (Lipinski definition) is 3. The average Bonchev–Trinajstić information content (AvgIpc) is 2.72. The minimum absolute atomic E-state index is 0.382. The van der Waals surface area contributed by atoms with Crippen LogP contribution in [-0.4, -0.2) is 7.11 Å². The summed E-state index contributed by atoms with van der Waals surface area (Å²) in [5.74, 6) is 1.19. The number of ether oxygens (including phenoxy) is 2. The van der Waals surface area contributed by atoms with E-state index in [0.29, 0.717) is 28.7 Å². The van der Waals surface area contributed by atoms with Gasteiger partial charge in [-0.3, -0.25) is 0 Å². The molecular weight excluding hydrogens is 565 g/mol. The first-order valence-electron chi connectivity index (χ1n) is 8.62. The molecule has 3 nitrogen and oxygen atoms in total. The molecule has 0 aliphatic rings. The van der Waals surface area contributed by atoms with Crippen LogP contribution in [0.2, 0.25) is 5.02 Å². The van der Waals surface area contributed by atoms with Crippen LogP contribution in [0, 0.1) is 14.9 Å². The van der Waals surface area contributed by atoms with Crippen molar-refractivity contribution in [1.29, 1.82) is 5.26 Å². The van der Waals surface area contributed by atoms with Crippen molar-refractivity contribution in [3.05, 3.63) is 90.4 Å². The maximum absolute atomic E-state index is 9.59. The number of nitrogens with zero attached hydrogens (tertiary/aromatic N) is 1. The molecule has 0 atom stereocenters. The molecule has 0 heterocycles. The number of hydrogen-bond donors (Lipinski definition) is 0. The van der Waals surface area contributed by atoms with Crippen LogP contribution in [0.5, 0.6) is 11.5 Å². The van der Waals surface area contributed by atoms with Gasteiger partial charge in [-0.25, -0.2) is 0 Å². The van der Waals surface area contributed by atoms with Crippen LogP contribution < -0.4 is 9.47 Å². The van der Waals surface area contributed by atoms with Gasteiger partial charge in [0.15, 0.2) is 11.5 Å². The van der Waals surface area contributed by atoms with Crippen LogP contribution in [0.4, 0.5) is 0 Å². The topological polar surface area (TPSA) is 42.2 Å². The Morgan fingerprint density at radius 1 is 1.14 bits per heavy atom. The van der Waals surface area contributed by atoms with Gasteiger partial charge in [-0.15, -0.1) is 0 Å². The largest absolute Gasteiger partial charge is 0.493 e. The van der Waals surface area contributed by atoms with Crippen molar-refractivity contribution in [2.75, 3.05) is 7.11 Å². The van der Waals surface area contributed by atoms with Crippen molar-refractivity contribution in [3.8, 4) is 17.6 Å². The molecule has 0 spiro atoms. The molecule has 0 radical (unpaired) electrons. The second-order valence-electron chi connectivity index (χ2n) is 6.13. The third kappa shape index (κ3) is 5.75. The highest BCUT2D eigenvalue weighted by molar-refractivity contribution is 14.1. The summed E-state index contributed by atoms with van der Waals surface area (Å²) in [6.45, 7) is 0.382. The Balaban J connectivity index is 1.88. The van der Waals surface area contributed by atoms with Crippen molar-refractivity contribution < 1.29 is 9.47 Å². The second-order valence-corrected chi connectivity index (χ2v) is 8.66. The van der Waals surface area contributed by atoms with E-state index in [9.17, 15) is 5.26 Å². The van der Waals surface area contributed by atoms with Crippen molar-refractivity contribution in [1.82, 2.24) is 0 Å². The first-order valence-corrected chi connectivity index (χ1v) is 10.9. The standard InChI is InChI=1S/C23H16BrClINO2/c1-28-22-12-16(10-18(13-27)17-4-8-20(26)9-5-17)11-21(24)23(22)29-14-15-2-6-19(25)7-3-15/h2-12H,14H2,1H3/b18-10-. The Labute approximate surface area is 197 Å². The summed E-state index contributed by atoms with van der Waals surface area (Å²) in [7, 11) is 1.59. The lowest BCUT2D eigenvalue weighted by Crippen LogP contribution is -1.99. The van der Waals surface area contributed by atoms with E-state index < -0.39 is 0 Å². The lowest BCUT2D eigenvalue weighted by molar-refractivity contribution is 0.282. The van der Waals surface area contributed by atoms with Gasteiger partial charge >= 0.3 is 0 Å². The van der Waals surface area contributed by atoms with Gasteiger partial charge in [0.25, 0.3) is 0 Å². The Bertz CT molecular complexity index is 1070. The molecule has 0 amide bonds. The number of rotatable bonds is 6. The molecule has 29 heavy (non-hydrogen) atoms. The van der Waals surface area contributed by atoms with Crippen LogP contribution >= 0.6 is 50.1 Å². The maximum atomic E-state index is 9.59. The molecule has 6 heteroatoms. The summed E-state index contributed by atoms with van der Waals surface area (Å²) in [6, 6.07) is 21.3. The molecule has 0 aromatic heterocycles. The quantitative estimate of drug-likeness (QED) is 0.174. The van der Waals surface area contributed by atoms with E-state index in [2.05, 4.69) is 44.6 Å². The first kappa shape index (κ1) is 21.7. The van der Waals surface area contributed by atoms with Gasteiger partial charge in [-0.1, -0.05) is 35.9 Å². The third-order valence-corrected chi connectivity index (χ3v) is 5.70. The molecular formula is C23H16BrClINO2. The van der Waals surface area contributed by atoms with Gasteiger partial charge < -0.3 is 9.47 Å². The van der Waals surface area contributed by atoms with Gasteiger partial charge in [0.05, 0.1) is 23.2 Å². The van der Waals surface area contributed by atoms with Crippen LogP contribution in [0.3, 0.4) is 0 Å². The number of allylic oxidation sites excluding steroid dienone is 1. The molecule has 3 aromatic rings. The van der Waals surface area contributed by atoms with E-state index in [1.165, 1.54) is 0 Å². The van der Waals surface area contributed by atoms with Gasteiger partial charge in [0.2, 0.25) is 0 Å². The maximum Gasteiger partial charge on any atom is 0.175 e. The molecule has 0 bridgehead atoms. The number of halogens is 3. The van der Waals surface area contributed by atoms with Gasteiger partial charge in [-0.05, 0) is 97.7 Å². The van der Waals surface area contributed by atoms with E-state index in [1.54, 1.807) is 7.11 Å². The highest BCUT2D eigenvalue weighted by atomic mass is 127. The molecule has 0 saturated heterocycles.